The number of fused-ring (bicyclic) bond motifs is 1. The molecule has 0 amide bonds. The van der Waals surface area contributed by atoms with Crippen molar-refractivity contribution in [2.24, 2.45) is 0 Å². The first-order valence-electron chi connectivity index (χ1n) is 5.15. The largest absolute Gasteiger partial charge is 0.497 e. The third-order valence-corrected chi connectivity index (χ3v) is 2.69. The molecule has 0 atom stereocenters. The predicted octanol–water partition coefficient (Wildman–Crippen LogP) is 2.41. The lowest BCUT2D eigenvalue weighted by Gasteiger charge is -1.99. The number of hydrogen-bond donors (Lipinski definition) is 2. The highest BCUT2D eigenvalue weighted by atomic mass is 16.5. The van der Waals surface area contributed by atoms with Crippen molar-refractivity contribution in [3.05, 3.63) is 30.5 Å². The molecule has 17 heavy (non-hydrogen) atoms. The fraction of sp³-hybridized carbons (Fsp3) is 0.0833. The average Bonchev–Trinajstić information content (AvgIpc) is 2.93. The molecule has 0 saturated heterocycles. The molecule has 5 nitrogen and oxygen atoms in total. The number of rotatable bonds is 2. The summed E-state index contributed by atoms with van der Waals surface area (Å²) in [5.74, 6) is 1.12. The van der Waals surface area contributed by atoms with E-state index in [0.717, 1.165) is 27.9 Å². The summed E-state index contributed by atoms with van der Waals surface area (Å²) < 4.78 is 10.0. The van der Waals surface area contributed by atoms with Crippen molar-refractivity contribution in [3.8, 4) is 17.0 Å². The molecule has 3 N–H and O–H groups in total. The Morgan fingerprint density at radius 2 is 2.24 bits per heavy atom. The molecule has 2 aromatic heterocycles. The fourth-order valence-electron chi connectivity index (χ4n) is 1.86. The standard InChI is InChI=1S/C12H11N3O2/c1-16-7-2-3-8-9(6-14-10(8)4-7)11-5-12(13)17-15-11/h2-6,14H,13H2,1H3. The zero-order chi connectivity index (χ0) is 11.8. The molecule has 0 aliphatic heterocycles. The Morgan fingerprint density at radius 3 is 2.94 bits per heavy atom. The van der Waals surface area contributed by atoms with E-state index in [-0.39, 0.29) is 0 Å². The number of nitrogen functional groups attached to an aromatic ring is 1. The molecule has 0 radical (unpaired) electrons. The second kappa shape index (κ2) is 3.55. The first-order chi connectivity index (χ1) is 8.28. The molecule has 0 saturated carbocycles. The molecule has 5 heteroatoms. The van der Waals surface area contributed by atoms with E-state index in [1.807, 2.05) is 24.4 Å². The summed E-state index contributed by atoms with van der Waals surface area (Å²) in [7, 11) is 1.64. The van der Waals surface area contributed by atoms with Crippen LogP contribution < -0.4 is 10.5 Å². The van der Waals surface area contributed by atoms with Crippen LogP contribution in [0.1, 0.15) is 0 Å². The Kier molecular flexibility index (Phi) is 2.04. The quantitative estimate of drug-likeness (QED) is 0.707. The molecule has 0 fully saturated rings. The molecule has 2 heterocycles. The second-order valence-electron chi connectivity index (χ2n) is 3.73. The van der Waals surface area contributed by atoms with E-state index in [1.165, 1.54) is 0 Å². The van der Waals surface area contributed by atoms with Crippen molar-refractivity contribution >= 4 is 16.8 Å². The zero-order valence-corrected chi connectivity index (χ0v) is 9.23. The third-order valence-electron chi connectivity index (χ3n) is 2.69. The molecule has 86 valence electrons. The highest BCUT2D eigenvalue weighted by Crippen LogP contribution is 2.30. The van der Waals surface area contributed by atoms with Crippen LogP contribution in [-0.4, -0.2) is 17.3 Å². The van der Waals surface area contributed by atoms with Crippen molar-refractivity contribution in [1.29, 1.82) is 0 Å². The first-order valence-corrected chi connectivity index (χ1v) is 5.15. The summed E-state index contributed by atoms with van der Waals surface area (Å²) in [5, 5.41) is 4.95. The van der Waals surface area contributed by atoms with E-state index in [0.29, 0.717) is 5.88 Å². The summed E-state index contributed by atoms with van der Waals surface area (Å²) in [6.07, 6.45) is 1.88. The first kappa shape index (κ1) is 9.77. The Labute approximate surface area is 97.2 Å². The van der Waals surface area contributed by atoms with Gasteiger partial charge in [0.05, 0.1) is 7.11 Å². The van der Waals surface area contributed by atoms with E-state index < -0.39 is 0 Å². The topological polar surface area (TPSA) is 77.1 Å². The number of benzene rings is 1. The summed E-state index contributed by atoms with van der Waals surface area (Å²) in [5.41, 5.74) is 8.18. The minimum Gasteiger partial charge on any atom is -0.497 e. The van der Waals surface area contributed by atoms with E-state index >= 15 is 0 Å². The number of hydrogen-bond acceptors (Lipinski definition) is 4. The van der Waals surface area contributed by atoms with Gasteiger partial charge in [0.2, 0.25) is 5.88 Å². The summed E-state index contributed by atoms with van der Waals surface area (Å²) in [6, 6.07) is 7.52. The van der Waals surface area contributed by atoms with Crippen LogP contribution in [0.3, 0.4) is 0 Å². The molecule has 0 aliphatic rings. The lowest BCUT2D eigenvalue weighted by atomic mass is 10.1. The van der Waals surface area contributed by atoms with Gasteiger partial charge in [0.25, 0.3) is 0 Å². The Hall–Kier alpha value is -2.43. The minimum atomic E-state index is 0.308. The van der Waals surface area contributed by atoms with Gasteiger partial charge < -0.3 is 20.0 Å². The molecular weight excluding hydrogens is 218 g/mol. The molecular formula is C12H11N3O2. The highest BCUT2D eigenvalue weighted by Gasteiger charge is 2.10. The van der Waals surface area contributed by atoms with Gasteiger partial charge in [0.15, 0.2) is 0 Å². The van der Waals surface area contributed by atoms with Crippen LogP contribution in [0, 0.1) is 0 Å². The maximum Gasteiger partial charge on any atom is 0.222 e. The summed E-state index contributed by atoms with van der Waals surface area (Å²) in [4.78, 5) is 3.17. The third kappa shape index (κ3) is 1.52. The number of methoxy groups -OCH3 is 1. The molecule has 1 aromatic carbocycles. The van der Waals surface area contributed by atoms with Crippen molar-refractivity contribution < 1.29 is 9.26 Å². The lowest BCUT2D eigenvalue weighted by Crippen LogP contribution is -1.81. The monoisotopic (exact) mass is 229 g/mol. The zero-order valence-electron chi connectivity index (χ0n) is 9.23. The van der Waals surface area contributed by atoms with Crippen LogP contribution in [-0.2, 0) is 0 Å². The number of nitrogens with two attached hydrogens (primary N) is 1. The maximum absolute atomic E-state index is 5.52. The molecule has 3 rings (SSSR count). The lowest BCUT2D eigenvalue weighted by molar-refractivity contribution is 0.415. The maximum atomic E-state index is 5.52. The van der Waals surface area contributed by atoms with Gasteiger partial charge in [-0.3, -0.25) is 0 Å². The predicted molar refractivity (Wildman–Crippen MR) is 64.8 cm³/mol. The number of nitrogens with zero attached hydrogens (tertiary/aromatic N) is 1. The van der Waals surface area contributed by atoms with E-state index in [9.17, 15) is 0 Å². The van der Waals surface area contributed by atoms with Crippen molar-refractivity contribution in [1.82, 2.24) is 10.1 Å². The number of aromatic amines is 1. The smallest absolute Gasteiger partial charge is 0.222 e. The fourth-order valence-corrected chi connectivity index (χ4v) is 1.86. The van der Waals surface area contributed by atoms with Crippen LogP contribution in [0.4, 0.5) is 5.88 Å². The number of anilines is 1. The van der Waals surface area contributed by atoms with Crippen LogP contribution in [0.2, 0.25) is 0 Å². The van der Waals surface area contributed by atoms with Crippen LogP contribution in [0.5, 0.6) is 5.75 Å². The summed E-state index contributed by atoms with van der Waals surface area (Å²) >= 11 is 0. The number of nitrogens with one attached hydrogen (secondary N) is 1. The van der Waals surface area contributed by atoms with E-state index in [4.69, 9.17) is 15.0 Å². The number of aromatic nitrogens is 2. The van der Waals surface area contributed by atoms with Gasteiger partial charge in [-0.2, -0.15) is 0 Å². The second-order valence-corrected chi connectivity index (χ2v) is 3.73. The van der Waals surface area contributed by atoms with E-state index in [2.05, 4.69) is 10.1 Å². The Bertz CT molecular complexity index is 669. The Morgan fingerprint density at radius 1 is 1.35 bits per heavy atom. The number of ether oxygens (including phenoxy) is 1. The molecule has 0 spiro atoms. The van der Waals surface area contributed by atoms with Crippen LogP contribution in [0.15, 0.2) is 35.0 Å². The van der Waals surface area contributed by atoms with Gasteiger partial charge in [0.1, 0.15) is 11.4 Å². The van der Waals surface area contributed by atoms with E-state index in [1.54, 1.807) is 13.2 Å². The van der Waals surface area contributed by atoms with Crippen molar-refractivity contribution in [3.63, 3.8) is 0 Å². The Balaban J connectivity index is 2.18. The van der Waals surface area contributed by atoms with Gasteiger partial charge >= 0.3 is 0 Å². The van der Waals surface area contributed by atoms with Gasteiger partial charge in [0, 0.05) is 34.8 Å². The molecule has 0 aliphatic carbocycles. The van der Waals surface area contributed by atoms with Gasteiger partial charge in [-0.15, -0.1) is 0 Å². The highest BCUT2D eigenvalue weighted by molar-refractivity contribution is 5.95. The van der Waals surface area contributed by atoms with Crippen molar-refractivity contribution in [2.75, 3.05) is 12.8 Å². The van der Waals surface area contributed by atoms with Crippen LogP contribution >= 0.6 is 0 Å². The minimum absolute atomic E-state index is 0.308. The van der Waals surface area contributed by atoms with Gasteiger partial charge in [-0.05, 0) is 12.1 Å². The average molecular weight is 229 g/mol. The van der Waals surface area contributed by atoms with Crippen LogP contribution in [0.25, 0.3) is 22.2 Å². The number of H-pyrrole nitrogens is 1. The molecule has 0 unspecified atom stereocenters. The SMILES string of the molecule is COc1ccc2c(-c3cc(N)on3)c[nH]c2c1. The molecule has 0 bridgehead atoms. The normalized spacial score (nSPS) is 10.9. The van der Waals surface area contributed by atoms with Gasteiger partial charge in [-0.1, -0.05) is 5.16 Å². The molecule has 3 aromatic rings. The summed E-state index contributed by atoms with van der Waals surface area (Å²) in [6.45, 7) is 0. The van der Waals surface area contributed by atoms with Crippen molar-refractivity contribution in [2.45, 2.75) is 0 Å². The van der Waals surface area contributed by atoms with Gasteiger partial charge in [-0.25, -0.2) is 0 Å².